The van der Waals surface area contributed by atoms with Gasteiger partial charge in [-0.05, 0) is 19.8 Å². The van der Waals surface area contributed by atoms with E-state index in [1.165, 1.54) is 11.8 Å². The van der Waals surface area contributed by atoms with E-state index in [0.29, 0.717) is 5.16 Å². The van der Waals surface area contributed by atoms with Gasteiger partial charge in [-0.1, -0.05) is 25.6 Å². The van der Waals surface area contributed by atoms with Crippen LogP contribution in [0.5, 0.6) is 0 Å². The number of nitrogen functional groups attached to an aromatic ring is 1. The lowest BCUT2D eigenvalue weighted by Crippen LogP contribution is -2.38. The average Bonchev–Trinajstić information content (AvgIpc) is 2.71. The van der Waals surface area contributed by atoms with Crippen LogP contribution in [0.3, 0.4) is 0 Å². The molecule has 0 saturated carbocycles. The minimum atomic E-state index is -0.231. The van der Waals surface area contributed by atoms with Crippen molar-refractivity contribution in [2.24, 2.45) is 0 Å². The summed E-state index contributed by atoms with van der Waals surface area (Å²) in [7, 11) is 0. The fourth-order valence-corrected chi connectivity index (χ4v) is 2.07. The van der Waals surface area contributed by atoms with E-state index < -0.39 is 0 Å². The van der Waals surface area contributed by atoms with Crippen LogP contribution in [0.2, 0.25) is 0 Å². The van der Waals surface area contributed by atoms with Crippen molar-refractivity contribution in [1.82, 2.24) is 20.5 Å². The van der Waals surface area contributed by atoms with E-state index in [2.05, 4.69) is 34.3 Å². The van der Waals surface area contributed by atoms with Crippen LogP contribution in [0.1, 0.15) is 33.6 Å². The van der Waals surface area contributed by atoms with Crippen molar-refractivity contribution in [3.05, 3.63) is 0 Å². The fraction of sp³-hybridized carbons (Fsp3) is 0.700. The molecule has 0 aliphatic carbocycles. The molecule has 0 bridgehead atoms. The molecule has 1 amide bonds. The van der Waals surface area contributed by atoms with Crippen LogP contribution in [0.25, 0.3) is 0 Å². The first-order valence-corrected chi connectivity index (χ1v) is 6.59. The quantitative estimate of drug-likeness (QED) is 0.665. The number of aromatic amines is 1. The normalized spacial score (nSPS) is 12.7. The summed E-state index contributed by atoms with van der Waals surface area (Å²) in [5, 5.41) is 9.67. The predicted octanol–water partition coefficient (Wildman–Crippen LogP) is 1.17. The number of H-pyrrole nitrogens is 1. The lowest BCUT2D eigenvalue weighted by molar-refractivity contribution is -0.121. The van der Waals surface area contributed by atoms with E-state index in [1.807, 2.05) is 6.92 Å². The summed E-state index contributed by atoms with van der Waals surface area (Å²) < 4.78 is 0. The number of hydrogen-bond donors (Lipinski definition) is 3. The van der Waals surface area contributed by atoms with Gasteiger partial charge in [0.15, 0.2) is 0 Å². The topological polar surface area (TPSA) is 96.7 Å². The van der Waals surface area contributed by atoms with Crippen molar-refractivity contribution in [2.45, 2.75) is 50.1 Å². The molecule has 0 radical (unpaired) electrons. The molecule has 96 valence electrons. The molecule has 17 heavy (non-hydrogen) atoms. The van der Waals surface area contributed by atoms with Crippen molar-refractivity contribution < 1.29 is 4.79 Å². The molecule has 0 aromatic carbocycles. The number of nitrogens with one attached hydrogen (secondary N) is 2. The van der Waals surface area contributed by atoms with Gasteiger partial charge in [0.05, 0.1) is 5.25 Å². The molecule has 7 heteroatoms. The van der Waals surface area contributed by atoms with Crippen molar-refractivity contribution in [3.63, 3.8) is 0 Å². The Labute approximate surface area is 105 Å². The van der Waals surface area contributed by atoms with Gasteiger partial charge in [-0.3, -0.25) is 4.79 Å². The maximum absolute atomic E-state index is 11.9. The molecule has 0 fully saturated rings. The molecule has 1 aromatic heterocycles. The summed E-state index contributed by atoms with van der Waals surface area (Å²) >= 11 is 1.29. The van der Waals surface area contributed by atoms with Crippen molar-refractivity contribution in [1.29, 1.82) is 0 Å². The van der Waals surface area contributed by atoms with E-state index in [4.69, 9.17) is 5.73 Å². The zero-order chi connectivity index (χ0) is 12.8. The first-order valence-electron chi connectivity index (χ1n) is 5.71. The number of amides is 1. The largest absolute Gasteiger partial charge is 0.368 e. The van der Waals surface area contributed by atoms with Crippen LogP contribution in [0, 0.1) is 0 Å². The number of carbonyl (C=O) groups excluding carboxylic acids is 1. The number of thioether (sulfide) groups is 1. The Hall–Kier alpha value is -1.24. The van der Waals surface area contributed by atoms with Gasteiger partial charge in [-0.25, -0.2) is 5.10 Å². The Balaban J connectivity index is 2.46. The monoisotopic (exact) mass is 257 g/mol. The molecule has 0 spiro atoms. The maximum atomic E-state index is 11.9. The molecule has 0 aliphatic rings. The number of nitrogens with zero attached hydrogens (tertiary/aromatic N) is 2. The van der Waals surface area contributed by atoms with E-state index in [0.717, 1.165) is 12.8 Å². The Morgan fingerprint density at radius 3 is 2.65 bits per heavy atom. The summed E-state index contributed by atoms with van der Waals surface area (Å²) in [5.41, 5.74) is 5.41. The van der Waals surface area contributed by atoms with Gasteiger partial charge < -0.3 is 11.1 Å². The molecule has 1 aromatic rings. The summed E-state index contributed by atoms with van der Waals surface area (Å²) in [6, 6.07) is 0.239. The molecule has 1 rings (SSSR count). The molecular formula is C10H19N5OS. The zero-order valence-corrected chi connectivity index (χ0v) is 11.2. The average molecular weight is 257 g/mol. The third-order valence-corrected chi connectivity index (χ3v) is 3.43. The second-order valence-electron chi connectivity index (χ2n) is 3.79. The van der Waals surface area contributed by atoms with Gasteiger partial charge in [0, 0.05) is 6.04 Å². The molecule has 1 atom stereocenters. The Morgan fingerprint density at radius 2 is 2.18 bits per heavy atom. The third kappa shape index (κ3) is 4.26. The molecular weight excluding hydrogens is 238 g/mol. The fourth-order valence-electron chi connectivity index (χ4n) is 1.33. The third-order valence-electron chi connectivity index (χ3n) is 2.47. The lowest BCUT2D eigenvalue weighted by Gasteiger charge is -2.17. The highest BCUT2D eigenvalue weighted by Gasteiger charge is 2.18. The maximum Gasteiger partial charge on any atom is 0.233 e. The van der Waals surface area contributed by atoms with Crippen LogP contribution in [-0.4, -0.2) is 32.4 Å². The van der Waals surface area contributed by atoms with E-state index in [1.54, 1.807) is 0 Å². The number of rotatable bonds is 6. The predicted molar refractivity (Wildman–Crippen MR) is 68.6 cm³/mol. The molecule has 1 unspecified atom stereocenters. The van der Waals surface area contributed by atoms with E-state index in [9.17, 15) is 4.79 Å². The number of aromatic nitrogens is 3. The summed E-state index contributed by atoms with van der Waals surface area (Å²) in [6.45, 7) is 5.94. The van der Waals surface area contributed by atoms with Crippen LogP contribution in [0.4, 0.5) is 5.95 Å². The highest BCUT2D eigenvalue weighted by atomic mass is 32.2. The van der Waals surface area contributed by atoms with Crippen LogP contribution >= 0.6 is 11.8 Å². The van der Waals surface area contributed by atoms with Crippen LogP contribution < -0.4 is 11.1 Å². The highest BCUT2D eigenvalue weighted by molar-refractivity contribution is 8.00. The van der Waals surface area contributed by atoms with Gasteiger partial charge in [-0.2, -0.15) is 4.98 Å². The van der Waals surface area contributed by atoms with Crippen molar-refractivity contribution in [2.75, 3.05) is 5.73 Å². The molecule has 4 N–H and O–H groups in total. The minimum Gasteiger partial charge on any atom is -0.368 e. The summed E-state index contributed by atoms with van der Waals surface area (Å²) in [6.07, 6.45) is 1.88. The number of anilines is 1. The summed E-state index contributed by atoms with van der Waals surface area (Å²) in [4.78, 5) is 15.8. The van der Waals surface area contributed by atoms with Crippen LogP contribution in [-0.2, 0) is 4.79 Å². The van der Waals surface area contributed by atoms with Crippen molar-refractivity contribution >= 4 is 23.6 Å². The second kappa shape index (κ2) is 6.48. The summed E-state index contributed by atoms with van der Waals surface area (Å²) in [5.74, 6) is 0.271. The van der Waals surface area contributed by atoms with Gasteiger partial charge in [0.25, 0.3) is 0 Å². The smallest absolute Gasteiger partial charge is 0.233 e. The van der Waals surface area contributed by atoms with E-state index in [-0.39, 0.29) is 23.1 Å². The van der Waals surface area contributed by atoms with E-state index >= 15 is 0 Å². The first kappa shape index (κ1) is 13.8. The second-order valence-corrected chi connectivity index (χ2v) is 5.09. The Kier molecular flexibility index (Phi) is 5.27. The van der Waals surface area contributed by atoms with Gasteiger partial charge >= 0.3 is 0 Å². The Bertz CT molecular complexity index is 363. The molecule has 1 heterocycles. The zero-order valence-electron chi connectivity index (χ0n) is 10.4. The van der Waals surface area contributed by atoms with Crippen molar-refractivity contribution in [3.8, 4) is 0 Å². The minimum absolute atomic E-state index is 0.00655. The van der Waals surface area contributed by atoms with Gasteiger partial charge in [-0.15, -0.1) is 5.10 Å². The molecule has 0 saturated heterocycles. The molecule has 0 aliphatic heterocycles. The number of hydrogen-bond acceptors (Lipinski definition) is 5. The number of carbonyl (C=O) groups is 1. The standard InChI is InChI=1S/C10H19N5OS/c1-4-7(5-2)12-8(16)6(3)17-10-13-9(11)14-15-10/h6-7H,4-5H2,1-3H3,(H,12,16)(H3,11,13,14,15). The Morgan fingerprint density at radius 1 is 1.53 bits per heavy atom. The SMILES string of the molecule is CCC(CC)NC(=O)C(C)Sc1n[nH]c(N)n1. The van der Waals surface area contributed by atoms with Gasteiger partial charge in [0.2, 0.25) is 17.0 Å². The number of nitrogens with two attached hydrogens (primary N) is 1. The lowest BCUT2D eigenvalue weighted by atomic mass is 10.2. The first-order chi connectivity index (χ1) is 8.06. The highest BCUT2D eigenvalue weighted by Crippen LogP contribution is 2.19. The molecule has 6 nitrogen and oxygen atoms in total. The van der Waals surface area contributed by atoms with Crippen LogP contribution in [0.15, 0.2) is 5.16 Å². The van der Waals surface area contributed by atoms with Gasteiger partial charge in [0.1, 0.15) is 0 Å².